The van der Waals surface area contributed by atoms with Gasteiger partial charge in [-0.2, -0.15) is 9.97 Å². The van der Waals surface area contributed by atoms with Crippen molar-refractivity contribution in [3.8, 4) is 11.4 Å². The summed E-state index contributed by atoms with van der Waals surface area (Å²) in [5.74, 6) is 1.04. The van der Waals surface area contributed by atoms with Crippen LogP contribution >= 0.6 is 34.8 Å². The molecule has 3 rings (SSSR count). The summed E-state index contributed by atoms with van der Waals surface area (Å²) in [5.41, 5.74) is 2.01. The van der Waals surface area contributed by atoms with Crippen LogP contribution in [0.3, 0.4) is 0 Å². The summed E-state index contributed by atoms with van der Waals surface area (Å²) in [6, 6.07) is 7.89. The molecular weight excluding hydrogens is 393 g/mol. The van der Waals surface area contributed by atoms with Crippen molar-refractivity contribution < 1.29 is 0 Å². The van der Waals surface area contributed by atoms with Crippen molar-refractivity contribution in [1.82, 2.24) is 19.9 Å². The number of benzene rings is 1. The fraction of sp³-hybridized carbons (Fsp3) is 0.500. The zero-order chi connectivity index (χ0) is 18.6. The Balaban J connectivity index is 1.73. The Labute approximate surface area is 169 Å². The Bertz CT molecular complexity index is 725. The number of likely N-dealkylation sites (tertiary alicyclic amines) is 1. The van der Waals surface area contributed by atoms with E-state index in [4.69, 9.17) is 34.8 Å². The molecule has 1 aliphatic rings. The van der Waals surface area contributed by atoms with Gasteiger partial charge in [0.25, 0.3) is 0 Å². The Hall–Kier alpha value is -1.14. The van der Waals surface area contributed by atoms with Gasteiger partial charge >= 0.3 is 0 Å². The molecule has 5 nitrogen and oxygen atoms in total. The van der Waals surface area contributed by atoms with Crippen molar-refractivity contribution in [1.29, 1.82) is 0 Å². The summed E-state index contributed by atoms with van der Waals surface area (Å²) < 4.78 is -1.70. The van der Waals surface area contributed by atoms with E-state index >= 15 is 0 Å². The van der Waals surface area contributed by atoms with E-state index in [1.54, 1.807) is 0 Å². The smallest absolute Gasteiger partial charge is 0.250 e. The van der Waals surface area contributed by atoms with E-state index in [0.29, 0.717) is 11.8 Å². The Kier molecular flexibility index (Phi) is 6.56. The molecule has 2 aromatic rings. The first-order valence-electron chi connectivity index (χ1n) is 8.78. The third kappa shape index (κ3) is 5.43. The lowest BCUT2D eigenvalue weighted by Crippen LogP contribution is -2.23. The van der Waals surface area contributed by atoms with Gasteiger partial charge in [0.05, 0.1) is 0 Å². The summed E-state index contributed by atoms with van der Waals surface area (Å²) in [6.07, 6.45) is 3.61. The number of rotatable bonds is 6. The summed E-state index contributed by atoms with van der Waals surface area (Å²) >= 11 is 18.0. The third-order valence-electron chi connectivity index (χ3n) is 4.33. The van der Waals surface area contributed by atoms with Crippen molar-refractivity contribution in [3.63, 3.8) is 0 Å². The highest BCUT2D eigenvalue weighted by Crippen LogP contribution is 2.36. The molecule has 0 atom stereocenters. The molecular formula is C18H22Cl3N5. The lowest BCUT2D eigenvalue weighted by Gasteiger charge is -2.15. The minimum atomic E-state index is -1.70. The van der Waals surface area contributed by atoms with E-state index in [1.807, 2.05) is 31.2 Å². The highest BCUT2D eigenvalue weighted by Gasteiger charge is 2.28. The van der Waals surface area contributed by atoms with E-state index in [1.165, 1.54) is 25.9 Å². The maximum absolute atomic E-state index is 6.01. The zero-order valence-corrected chi connectivity index (χ0v) is 16.9. The van der Waals surface area contributed by atoms with Crippen LogP contribution in [0.5, 0.6) is 0 Å². The molecule has 0 amide bonds. The number of nitrogens with one attached hydrogen (secondary N) is 1. The first-order valence-corrected chi connectivity index (χ1v) is 9.92. The second kappa shape index (κ2) is 8.70. The van der Waals surface area contributed by atoms with E-state index in [9.17, 15) is 0 Å². The summed E-state index contributed by atoms with van der Waals surface area (Å²) in [5, 5.41) is 3.24. The van der Waals surface area contributed by atoms with Crippen LogP contribution in [-0.2, 0) is 3.79 Å². The molecule has 26 heavy (non-hydrogen) atoms. The molecule has 1 saturated heterocycles. The van der Waals surface area contributed by atoms with Gasteiger partial charge in [0.15, 0.2) is 11.6 Å². The number of aromatic nitrogens is 3. The summed E-state index contributed by atoms with van der Waals surface area (Å²) in [6.45, 7) is 6.24. The van der Waals surface area contributed by atoms with Crippen molar-refractivity contribution in [2.45, 2.75) is 30.0 Å². The van der Waals surface area contributed by atoms with Gasteiger partial charge in [-0.25, -0.2) is 4.98 Å². The highest BCUT2D eigenvalue weighted by atomic mass is 35.6. The molecule has 1 fully saturated rings. The van der Waals surface area contributed by atoms with Gasteiger partial charge in [0, 0.05) is 12.1 Å². The number of anilines is 1. The largest absolute Gasteiger partial charge is 0.354 e. The molecule has 1 aliphatic heterocycles. The number of aryl methyl sites for hydroxylation is 1. The lowest BCUT2D eigenvalue weighted by molar-refractivity contribution is 0.337. The molecule has 140 valence electrons. The molecule has 1 N–H and O–H groups in total. The Morgan fingerprint density at radius 2 is 1.73 bits per heavy atom. The number of hydrogen-bond donors (Lipinski definition) is 1. The van der Waals surface area contributed by atoms with Crippen LogP contribution in [0.4, 0.5) is 5.95 Å². The third-order valence-corrected chi connectivity index (χ3v) is 4.84. The fourth-order valence-corrected chi connectivity index (χ4v) is 3.18. The number of halogens is 3. The number of nitrogens with zero attached hydrogens (tertiary/aromatic N) is 4. The van der Waals surface area contributed by atoms with Gasteiger partial charge in [-0.3, -0.25) is 0 Å². The van der Waals surface area contributed by atoms with Gasteiger partial charge in [-0.15, -0.1) is 0 Å². The summed E-state index contributed by atoms with van der Waals surface area (Å²) in [7, 11) is 0. The van der Waals surface area contributed by atoms with Gasteiger partial charge in [-0.05, 0) is 45.8 Å². The first kappa shape index (κ1) is 19.6. The average molecular weight is 415 g/mol. The molecule has 0 bridgehead atoms. The summed E-state index contributed by atoms with van der Waals surface area (Å²) in [4.78, 5) is 15.6. The fourth-order valence-electron chi connectivity index (χ4n) is 2.92. The van der Waals surface area contributed by atoms with E-state index in [0.717, 1.165) is 30.6 Å². The average Bonchev–Trinajstić information content (AvgIpc) is 3.12. The van der Waals surface area contributed by atoms with Crippen LogP contribution in [0.25, 0.3) is 11.4 Å². The minimum Gasteiger partial charge on any atom is -0.354 e. The standard InChI is InChI=1S/C18H22Cl3N5/c1-13-5-7-14(8-6-13)15-23-16(18(19,20)21)25-17(24-15)22-9-4-12-26-10-2-3-11-26/h5-8H,2-4,9-12H2,1H3,(H,22,23,24,25). The first-order chi connectivity index (χ1) is 12.4. The number of hydrogen-bond acceptors (Lipinski definition) is 5. The van der Waals surface area contributed by atoms with Crippen LogP contribution in [0.1, 0.15) is 30.7 Å². The minimum absolute atomic E-state index is 0.120. The molecule has 8 heteroatoms. The molecule has 2 heterocycles. The van der Waals surface area contributed by atoms with Crippen molar-refractivity contribution >= 4 is 40.8 Å². The number of alkyl halides is 3. The maximum atomic E-state index is 6.01. The molecule has 0 radical (unpaired) electrons. The van der Waals surface area contributed by atoms with Crippen LogP contribution in [-0.4, -0.2) is 46.0 Å². The van der Waals surface area contributed by atoms with Crippen molar-refractivity contribution in [2.24, 2.45) is 0 Å². The van der Waals surface area contributed by atoms with E-state index in [2.05, 4.69) is 25.2 Å². The Morgan fingerprint density at radius 1 is 1.04 bits per heavy atom. The van der Waals surface area contributed by atoms with Gasteiger partial charge in [0.2, 0.25) is 9.74 Å². The Morgan fingerprint density at radius 3 is 2.38 bits per heavy atom. The van der Waals surface area contributed by atoms with E-state index in [-0.39, 0.29) is 5.82 Å². The van der Waals surface area contributed by atoms with Crippen LogP contribution in [0, 0.1) is 6.92 Å². The van der Waals surface area contributed by atoms with Crippen LogP contribution < -0.4 is 5.32 Å². The second-order valence-corrected chi connectivity index (χ2v) is 8.78. The predicted molar refractivity (Wildman–Crippen MR) is 108 cm³/mol. The van der Waals surface area contributed by atoms with Crippen molar-refractivity contribution in [2.75, 3.05) is 31.5 Å². The van der Waals surface area contributed by atoms with Crippen LogP contribution in [0.2, 0.25) is 0 Å². The highest BCUT2D eigenvalue weighted by molar-refractivity contribution is 6.66. The van der Waals surface area contributed by atoms with Crippen LogP contribution in [0.15, 0.2) is 24.3 Å². The SMILES string of the molecule is Cc1ccc(-c2nc(NCCCN3CCCC3)nc(C(Cl)(Cl)Cl)n2)cc1. The van der Waals surface area contributed by atoms with Gasteiger partial charge in [-0.1, -0.05) is 64.6 Å². The maximum Gasteiger partial charge on any atom is 0.250 e. The molecule has 0 saturated carbocycles. The molecule has 1 aromatic heterocycles. The lowest BCUT2D eigenvalue weighted by atomic mass is 10.1. The predicted octanol–water partition coefficient (Wildman–Crippen LogP) is 4.57. The molecule has 0 aliphatic carbocycles. The van der Waals surface area contributed by atoms with Gasteiger partial charge < -0.3 is 10.2 Å². The van der Waals surface area contributed by atoms with E-state index < -0.39 is 3.79 Å². The monoisotopic (exact) mass is 413 g/mol. The molecule has 0 unspecified atom stereocenters. The normalized spacial score (nSPS) is 15.4. The molecule has 1 aromatic carbocycles. The van der Waals surface area contributed by atoms with Gasteiger partial charge in [0.1, 0.15) is 0 Å². The quantitative estimate of drug-likeness (QED) is 0.554. The van der Waals surface area contributed by atoms with Crippen molar-refractivity contribution in [3.05, 3.63) is 35.7 Å². The topological polar surface area (TPSA) is 53.9 Å². The molecule has 0 spiro atoms. The second-order valence-electron chi connectivity index (χ2n) is 6.50. The zero-order valence-electron chi connectivity index (χ0n) is 14.7.